The molecule has 1 aromatic rings. The molecule has 0 radical (unpaired) electrons. The van der Waals surface area contributed by atoms with Gasteiger partial charge in [-0.2, -0.15) is 0 Å². The Hall–Kier alpha value is -1.13. The molecule has 4 heteroatoms. The summed E-state index contributed by atoms with van der Waals surface area (Å²) in [7, 11) is 0. The van der Waals surface area contributed by atoms with Crippen LogP contribution in [-0.2, 0) is 6.54 Å². The minimum Gasteiger partial charge on any atom is -0.354 e. The molecule has 1 N–H and O–H groups in total. The molecule has 1 aliphatic heterocycles. The second-order valence-electron chi connectivity index (χ2n) is 5.98. The highest BCUT2D eigenvalue weighted by atomic mass is 15.3. The van der Waals surface area contributed by atoms with Crippen molar-refractivity contribution in [2.45, 2.75) is 40.2 Å². The van der Waals surface area contributed by atoms with E-state index in [4.69, 9.17) is 4.98 Å². The van der Waals surface area contributed by atoms with Crippen molar-refractivity contribution in [1.29, 1.82) is 0 Å². The molecule has 118 valence electrons. The standard InChI is InChI=1S/C17H30N4/c1-4-6-18-14-16-12-15(3)19-17(13-16)21-10-8-20(7-5-2)9-11-21/h12-13,18H,4-11,14H2,1-3H3. The molecule has 0 amide bonds. The molecule has 0 aromatic carbocycles. The highest BCUT2D eigenvalue weighted by Gasteiger charge is 2.17. The topological polar surface area (TPSA) is 31.4 Å². The number of piperazine rings is 1. The Bertz CT molecular complexity index is 425. The zero-order chi connectivity index (χ0) is 15.1. The minimum atomic E-state index is 0.944. The van der Waals surface area contributed by atoms with Gasteiger partial charge in [-0.3, -0.25) is 4.90 Å². The zero-order valence-electron chi connectivity index (χ0n) is 13.9. The molecule has 0 saturated carbocycles. The van der Waals surface area contributed by atoms with Gasteiger partial charge in [0, 0.05) is 38.4 Å². The van der Waals surface area contributed by atoms with Gasteiger partial charge in [0.25, 0.3) is 0 Å². The summed E-state index contributed by atoms with van der Waals surface area (Å²) in [6.45, 7) is 14.3. The first kappa shape index (κ1) is 16.2. The van der Waals surface area contributed by atoms with Crippen LogP contribution in [0.2, 0.25) is 0 Å². The van der Waals surface area contributed by atoms with Crippen molar-refractivity contribution in [1.82, 2.24) is 15.2 Å². The number of anilines is 1. The van der Waals surface area contributed by atoms with Gasteiger partial charge in [-0.1, -0.05) is 13.8 Å². The first-order valence-corrected chi connectivity index (χ1v) is 8.38. The number of hydrogen-bond donors (Lipinski definition) is 1. The Morgan fingerprint density at radius 2 is 1.86 bits per heavy atom. The SMILES string of the molecule is CCCNCc1cc(C)nc(N2CCN(CCC)CC2)c1. The van der Waals surface area contributed by atoms with Crippen LogP contribution in [0.15, 0.2) is 12.1 Å². The molecule has 1 aliphatic rings. The van der Waals surface area contributed by atoms with Gasteiger partial charge in [0.2, 0.25) is 0 Å². The quantitative estimate of drug-likeness (QED) is 0.782. The molecule has 0 unspecified atom stereocenters. The molecule has 0 bridgehead atoms. The van der Waals surface area contributed by atoms with Crippen molar-refractivity contribution < 1.29 is 0 Å². The van der Waals surface area contributed by atoms with Crippen LogP contribution in [0.5, 0.6) is 0 Å². The average molecular weight is 290 g/mol. The van der Waals surface area contributed by atoms with Crippen LogP contribution >= 0.6 is 0 Å². The van der Waals surface area contributed by atoms with Crippen molar-refractivity contribution in [3.63, 3.8) is 0 Å². The molecular formula is C17H30N4. The Labute approximate surface area is 129 Å². The lowest BCUT2D eigenvalue weighted by atomic mass is 10.2. The molecule has 0 spiro atoms. The van der Waals surface area contributed by atoms with Crippen LogP contribution < -0.4 is 10.2 Å². The van der Waals surface area contributed by atoms with Crippen LogP contribution in [0.3, 0.4) is 0 Å². The summed E-state index contributed by atoms with van der Waals surface area (Å²) >= 11 is 0. The van der Waals surface area contributed by atoms with E-state index in [1.165, 1.54) is 24.9 Å². The molecule has 4 nitrogen and oxygen atoms in total. The molecule has 0 aliphatic carbocycles. The molecule has 2 heterocycles. The largest absolute Gasteiger partial charge is 0.354 e. The Balaban J connectivity index is 1.96. The fourth-order valence-electron chi connectivity index (χ4n) is 2.91. The third-order valence-corrected chi connectivity index (χ3v) is 3.99. The number of nitrogens with one attached hydrogen (secondary N) is 1. The number of nitrogens with zero attached hydrogens (tertiary/aromatic N) is 3. The van der Waals surface area contributed by atoms with E-state index >= 15 is 0 Å². The summed E-state index contributed by atoms with van der Waals surface area (Å²) in [6, 6.07) is 4.45. The first-order chi connectivity index (χ1) is 10.2. The normalized spacial score (nSPS) is 16.4. The molecule has 1 fully saturated rings. The van der Waals surface area contributed by atoms with E-state index in [1.807, 2.05) is 0 Å². The van der Waals surface area contributed by atoms with Gasteiger partial charge in [0.1, 0.15) is 5.82 Å². The van der Waals surface area contributed by atoms with Gasteiger partial charge in [0.05, 0.1) is 0 Å². The average Bonchev–Trinajstić information content (AvgIpc) is 2.48. The fourth-order valence-corrected chi connectivity index (χ4v) is 2.91. The lowest BCUT2D eigenvalue weighted by Crippen LogP contribution is -2.46. The molecule has 1 aromatic heterocycles. The number of aryl methyl sites for hydroxylation is 1. The van der Waals surface area contributed by atoms with Crippen LogP contribution in [-0.4, -0.2) is 49.2 Å². The van der Waals surface area contributed by atoms with E-state index in [0.717, 1.165) is 50.8 Å². The van der Waals surface area contributed by atoms with Crippen LogP contribution in [0, 0.1) is 6.92 Å². The molecule has 2 rings (SSSR count). The first-order valence-electron chi connectivity index (χ1n) is 8.38. The van der Waals surface area contributed by atoms with E-state index in [0.29, 0.717) is 0 Å². The van der Waals surface area contributed by atoms with Crippen molar-refractivity contribution in [2.24, 2.45) is 0 Å². The van der Waals surface area contributed by atoms with Crippen LogP contribution in [0.25, 0.3) is 0 Å². The summed E-state index contributed by atoms with van der Waals surface area (Å²) < 4.78 is 0. The van der Waals surface area contributed by atoms with E-state index in [2.05, 4.69) is 48.0 Å². The number of aromatic nitrogens is 1. The van der Waals surface area contributed by atoms with Crippen molar-refractivity contribution in [3.8, 4) is 0 Å². The van der Waals surface area contributed by atoms with Crippen molar-refractivity contribution >= 4 is 5.82 Å². The number of pyridine rings is 1. The Morgan fingerprint density at radius 1 is 1.10 bits per heavy atom. The predicted octanol–water partition coefficient (Wildman–Crippen LogP) is 2.42. The lowest BCUT2D eigenvalue weighted by Gasteiger charge is -2.35. The zero-order valence-corrected chi connectivity index (χ0v) is 13.9. The Kier molecular flexibility index (Phi) is 6.46. The minimum absolute atomic E-state index is 0.944. The molecule has 0 atom stereocenters. The maximum atomic E-state index is 4.74. The number of rotatable bonds is 7. The van der Waals surface area contributed by atoms with E-state index in [1.54, 1.807) is 0 Å². The summed E-state index contributed by atoms with van der Waals surface area (Å²) in [5.41, 5.74) is 2.47. The second-order valence-corrected chi connectivity index (χ2v) is 5.98. The third-order valence-electron chi connectivity index (χ3n) is 3.99. The van der Waals surface area contributed by atoms with Crippen molar-refractivity contribution in [2.75, 3.05) is 44.2 Å². The van der Waals surface area contributed by atoms with Crippen LogP contribution in [0.1, 0.15) is 37.9 Å². The van der Waals surface area contributed by atoms with Gasteiger partial charge in [0.15, 0.2) is 0 Å². The summed E-state index contributed by atoms with van der Waals surface area (Å²) in [6.07, 6.45) is 2.42. The van der Waals surface area contributed by atoms with Gasteiger partial charge in [-0.25, -0.2) is 4.98 Å². The lowest BCUT2D eigenvalue weighted by molar-refractivity contribution is 0.258. The fraction of sp³-hybridized carbons (Fsp3) is 0.706. The molecule has 21 heavy (non-hydrogen) atoms. The smallest absolute Gasteiger partial charge is 0.129 e. The summed E-state index contributed by atoms with van der Waals surface area (Å²) in [4.78, 5) is 9.72. The highest BCUT2D eigenvalue weighted by Crippen LogP contribution is 2.17. The van der Waals surface area contributed by atoms with Crippen LogP contribution in [0.4, 0.5) is 5.82 Å². The van der Waals surface area contributed by atoms with Gasteiger partial charge in [-0.05, 0) is 50.6 Å². The second kappa shape index (κ2) is 8.35. The maximum absolute atomic E-state index is 4.74. The van der Waals surface area contributed by atoms with Gasteiger partial charge < -0.3 is 10.2 Å². The monoisotopic (exact) mass is 290 g/mol. The number of hydrogen-bond acceptors (Lipinski definition) is 4. The van der Waals surface area contributed by atoms with Crippen molar-refractivity contribution in [3.05, 3.63) is 23.4 Å². The summed E-state index contributed by atoms with van der Waals surface area (Å²) in [5, 5.41) is 3.48. The maximum Gasteiger partial charge on any atom is 0.129 e. The van der Waals surface area contributed by atoms with Gasteiger partial charge in [-0.15, -0.1) is 0 Å². The summed E-state index contributed by atoms with van der Waals surface area (Å²) in [5.74, 6) is 1.15. The third kappa shape index (κ3) is 4.97. The van der Waals surface area contributed by atoms with E-state index in [-0.39, 0.29) is 0 Å². The molecular weight excluding hydrogens is 260 g/mol. The predicted molar refractivity (Wildman–Crippen MR) is 89.9 cm³/mol. The van der Waals surface area contributed by atoms with E-state index < -0.39 is 0 Å². The van der Waals surface area contributed by atoms with E-state index in [9.17, 15) is 0 Å². The Morgan fingerprint density at radius 3 is 2.52 bits per heavy atom. The highest BCUT2D eigenvalue weighted by molar-refractivity contribution is 5.43. The molecule has 1 saturated heterocycles. The van der Waals surface area contributed by atoms with Gasteiger partial charge >= 0.3 is 0 Å².